The molecule has 0 unspecified atom stereocenters. The quantitative estimate of drug-likeness (QED) is 0.570. The van der Waals surface area contributed by atoms with Crippen molar-refractivity contribution >= 4 is 23.6 Å². The zero-order valence-electron chi connectivity index (χ0n) is 15.2. The lowest BCUT2D eigenvalue weighted by Crippen LogP contribution is -2.44. The van der Waals surface area contributed by atoms with Crippen LogP contribution in [0.3, 0.4) is 0 Å². The van der Waals surface area contributed by atoms with E-state index in [1.54, 1.807) is 0 Å². The van der Waals surface area contributed by atoms with Gasteiger partial charge in [-0.05, 0) is 44.9 Å². The molecule has 0 radical (unpaired) electrons. The number of aliphatic carboxylic acids is 1. The normalized spacial score (nSPS) is 16.4. The largest absolute Gasteiger partial charge is 0.481 e. The minimum Gasteiger partial charge on any atom is -0.481 e. The third-order valence-electron chi connectivity index (χ3n) is 5.07. The van der Waals surface area contributed by atoms with Gasteiger partial charge < -0.3 is 10.4 Å². The number of carbonyl (C=O) groups excluding carboxylic acids is 1. The van der Waals surface area contributed by atoms with Crippen molar-refractivity contribution in [3.05, 3.63) is 17.0 Å². The van der Waals surface area contributed by atoms with Gasteiger partial charge in [0.2, 0.25) is 5.91 Å². The molecule has 0 aromatic carbocycles. The molecule has 0 aliphatic heterocycles. The molecule has 1 saturated carbocycles. The molecule has 1 amide bonds. The Kier molecular flexibility index (Phi) is 6.81. The van der Waals surface area contributed by atoms with Crippen LogP contribution in [-0.2, 0) is 16.0 Å². The van der Waals surface area contributed by atoms with Gasteiger partial charge in [0, 0.05) is 24.4 Å². The zero-order valence-corrected chi connectivity index (χ0v) is 16.0. The summed E-state index contributed by atoms with van der Waals surface area (Å²) >= 11 is 1.50. The predicted molar refractivity (Wildman–Crippen MR) is 97.8 cm³/mol. The van der Waals surface area contributed by atoms with Crippen LogP contribution < -0.4 is 5.32 Å². The van der Waals surface area contributed by atoms with Gasteiger partial charge >= 0.3 is 5.97 Å². The van der Waals surface area contributed by atoms with Gasteiger partial charge in [0.05, 0.1) is 5.41 Å². The summed E-state index contributed by atoms with van der Waals surface area (Å²) in [6.07, 6.45) is 7.02. The number of hydrogen-bond acceptors (Lipinski definition) is 5. The van der Waals surface area contributed by atoms with Crippen LogP contribution in [-0.4, -0.2) is 39.8 Å². The zero-order chi connectivity index (χ0) is 18.4. The first-order chi connectivity index (χ1) is 11.9. The van der Waals surface area contributed by atoms with Crippen LogP contribution in [0.5, 0.6) is 0 Å². The molecule has 7 heteroatoms. The topological polar surface area (TPSA) is 92.2 Å². The number of aromatic nitrogens is 2. The fourth-order valence-electron chi connectivity index (χ4n) is 3.45. The van der Waals surface area contributed by atoms with Crippen molar-refractivity contribution < 1.29 is 14.7 Å². The highest BCUT2D eigenvalue weighted by Crippen LogP contribution is 2.36. The molecule has 0 spiro atoms. The third kappa shape index (κ3) is 4.93. The highest BCUT2D eigenvalue weighted by molar-refractivity contribution is 7.98. The Morgan fingerprint density at radius 3 is 2.28 bits per heavy atom. The van der Waals surface area contributed by atoms with Crippen LogP contribution in [0.25, 0.3) is 0 Å². The van der Waals surface area contributed by atoms with Gasteiger partial charge in [0.15, 0.2) is 5.16 Å². The Morgan fingerprint density at radius 2 is 1.76 bits per heavy atom. The van der Waals surface area contributed by atoms with Crippen molar-refractivity contribution in [2.24, 2.45) is 5.41 Å². The maximum absolute atomic E-state index is 12.2. The summed E-state index contributed by atoms with van der Waals surface area (Å²) < 4.78 is 0. The molecule has 1 aromatic rings. The molecule has 25 heavy (non-hydrogen) atoms. The smallest absolute Gasteiger partial charge is 0.311 e. The summed E-state index contributed by atoms with van der Waals surface area (Å²) in [5, 5.41) is 13.1. The number of thioether (sulfide) groups is 1. The minimum atomic E-state index is -0.791. The Bertz CT molecular complexity index is 619. The van der Waals surface area contributed by atoms with Gasteiger partial charge in [0.25, 0.3) is 0 Å². The molecule has 2 N–H and O–H groups in total. The first-order valence-electron chi connectivity index (χ1n) is 8.76. The van der Waals surface area contributed by atoms with Gasteiger partial charge in [-0.3, -0.25) is 9.59 Å². The molecule has 138 valence electrons. The summed E-state index contributed by atoms with van der Waals surface area (Å²) in [7, 11) is 0. The summed E-state index contributed by atoms with van der Waals surface area (Å²) in [4.78, 5) is 32.7. The molecule has 1 aromatic heterocycles. The predicted octanol–water partition coefficient (Wildman–Crippen LogP) is 2.90. The Labute approximate surface area is 153 Å². The summed E-state index contributed by atoms with van der Waals surface area (Å²) in [6.45, 7) is 4.09. The van der Waals surface area contributed by atoms with E-state index >= 15 is 0 Å². The van der Waals surface area contributed by atoms with E-state index in [1.807, 2.05) is 20.1 Å². The average Bonchev–Trinajstić information content (AvgIpc) is 2.59. The molecular formula is C18H27N3O3S. The van der Waals surface area contributed by atoms with E-state index in [4.69, 9.17) is 0 Å². The average molecular weight is 365 g/mol. The van der Waals surface area contributed by atoms with Crippen molar-refractivity contribution in [1.82, 2.24) is 15.3 Å². The Hall–Kier alpha value is -1.63. The lowest BCUT2D eigenvalue weighted by Gasteiger charge is -2.33. The first kappa shape index (κ1) is 19.7. The fourth-order valence-corrected chi connectivity index (χ4v) is 3.91. The highest BCUT2D eigenvalue weighted by atomic mass is 32.2. The Morgan fingerprint density at radius 1 is 1.16 bits per heavy atom. The number of carboxylic acid groups (broad SMARTS) is 1. The summed E-state index contributed by atoms with van der Waals surface area (Å²) in [5.41, 5.74) is 2.01. The number of carboxylic acids is 1. The monoisotopic (exact) mass is 365 g/mol. The fraction of sp³-hybridized carbons (Fsp3) is 0.667. The summed E-state index contributed by atoms with van der Waals surface area (Å²) in [5.74, 6) is -0.904. The van der Waals surface area contributed by atoms with E-state index in [0.29, 0.717) is 25.7 Å². The van der Waals surface area contributed by atoms with Crippen LogP contribution in [0.15, 0.2) is 5.16 Å². The summed E-state index contributed by atoms with van der Waals surface area (Å²) in [6, 6.07) is 0. The SMILES string of the molecule is CSc1nc(C)c(CCC(=O)NCC2(C(=O)O)CCCCC2)c(C)n1. The van der Waals surface area contributed by atoms with E-state index < -0.39 is 11.4 Å². The van der Waals surface area contributed by atoms with Gasteiger partial charge in [-0.15, -0.1) is 0 Å². The number of nitrogens with zero attached hydrogens (tertiary/aromatic N) is 2. The van der Waals surface area contributed by atoms with E-state index in [2.05, 4.69) is 15.3 Å². The number of nitrogens with one attached hydrogen (secondary N) is 1. The van der Waals surface area contributed by atoms with Crippen molar-refractivity contribution in [2.45, 2.75) is 63.9 Å². The van der Waals surface area contributed by atoms with Crippen molar-refractivity contribution in [3.63, 3.8) is 0 Å². The molecule has 0 atom stereocenters. The van der Waals surface area contributed by atoms with Crippen LogP contribution in [0, 0.1) is 19.3 Å². The van der Waals surface area contributed by atoms with Gasteiger partial charge in [-0.1, -0.05) is 31.0 Å². The second-order valence-corrected chi connectivity index (χ2v) is 7.56. The van der Waals surface area contributed by atoms with Gasteiger partial charge in [-0.2, -0.15) is 0 Å². The first-order valence-corrected chi connectivity index (χ1v) is 9.98. The van der Waals surface area contributed by atoms with E-state index in [0.717, 1.165) is 41.4 Å². The third-order valence-corrected chi connectivity index (χ3v) is 5.62. The minimum absolute atomic E-state index is 0.112. The second-order valence-electron chi connectivity index (χ2n) is 6.78. The number of rotatable bonds is 7. The van der Waals surface area contributed by atoms with Crippen LogP contribution in [0.2, 0.25) is 0 Å². The lowest BCUT2D eigenvalue weighted by molar-refractivity contribution is -0.151. The molecule has 1 aliphatic carbocycles. The molecule has 6 nitrogen and oxygen atoms in total. The van der Waals surface area contributed by atoms with Gasteiger partial charge in [0.1, 0.15) is 0 Å². The molecule has 0 saturated heterocycles. The van der Waals surface area contributed by atoms with Crippen molar-refractivity contribution in [1.29, 1.82) is 0 Å². The number of aryl methyl sites for hydroxylation is 2. The maximum Gasteiger partial charge on any atom is 0.311 e. The van der Waals surface area contributed by atoms with E-state index in [1.165, 1.54) is 11.8 Å². The molecule has 0 bridgehead atoms. The van der Waals surface area contributed by atoms with Crippen molar-refractivity contribution in [3.8, 4) is 0 Å². The molecule has 1 fully saturated rings. The molecule has 1 heterocycles. The lowest BCUT2D eigenvalue weighted by atomic mass is 9.74. The molecule has 1 aliphatic rings. The van der Waals surface area contributed by atoms with E-state index in [-0.39, 0.29) is 12.5 Å². The van der Waals surface area contributed by atoms with Crippen molar-refractivity contribution in [2.75, 3.05) is 12.8 Å². The number of amides is 1. The standard InChI is InChI=1S/C18H27N3O3S/c1-12-14(13(2)21-17(20-12)25-3)7-8-15(22)19-11-18(16(23)24)9-5-4-6-10-18/h4-11H2,1-3H3,(H,19,22)(H,23,24). The maximum atomic E-state index is 12.2. The number of carbonyl (C=O) groups is 2. The highest BCUT2D eigenvalue weighted by Gasteiger charge is 2.39. The van der Waals surface area contributed by atoms with Crippen LogP contribution in [0.1, 0.15) is 55.5 Å². The van der Waals surface area contributed by atoms with Crippen LogP contribution >= 0.6 is 11.8 Å². The second kappa shape index (κ2) is 8.65. The number of hydrogen-bond donors (Lipinski definition) is 2. The van der Waals surface area contributed by atoms with Gasteiger partial charge in [-0.25, -0.2) is 9.97 Å². The molecule has 2 rings (SSSR count). The Balaban J connectivity index is 1.91. The molecular weight excluding hydrogens is 338 g/mol. The van der Waals surface area contributed by atoms with E-state index in [9.17, 15) is 14.7 Å². The van der Waals surface area contributed by atoms with Crippen LogP contribution in [0.4, 0.5) is 0 Å².